The van der Waals surface area contributed by atoms with Crippen molar-refractivity contribution in [1.82, 2.24) is 10.2 Å². The molecule has 26 heavy (non-hydrogen) atoms. The number of ether oxygens (including phenoxy) is 2. The average molecular weight is 359 g/mol. The largest absolute Gasteiger partial charge is 0.486 e. The molecule has 1 aromatic carbocycles. The highest BCUT2D eigenvalue weighted by molar-refractivity contribution is 5.97. The molecule has 1 aromatic rings. The number of nitrogens with zero attached hydrogens (tertiary/aromatic N) is 2. The molecule has 7 heteroatoms. The number of amides is 3. The maximum Gasteiger partial charge on any atom is 0.317 e. The van der Waals surface area contributed by atoms with E-state index in [4.69, 9.17) is 9.47 Å². The van der Waals surface area contributed by atoms with Gasteiger partial charge in [-0.3, -0.25) is 4.79 Å². The molecule has 0 aromatic heterocycles. The van der Waals surface area contributed by atoms with Gasteiger partial charge in [-0.1, -0.05) is 6.92 Å². The molecule has 0 radical (unpaired) electrons. The van der Waals surface area contributed by atoms with Crippen LogP contribution in [0.1, 0.15) is 26.2 Å². The standard InChI is InChI=1S/C19H25N3O4/c1-13-3-2-6-21(11-13)19(24)20-14-9-18(23)22(12-14)15-4-5-16-17(10-15)26-8-7-25-16/h4-5,10,13-14H,2-3,6-9,11-12H2,1H3,(H,20,24)/t13-,14-/m1/s1. The van der Waals surface area contributed by atoms with Gasteiger partial charge in [-0.2, -0.15) is 0 Å². The van der Waals surface area contributed by atoms with Gasteiger partial charge in [0.25, 0.3) is 0 Å². The van der Waals surface area contributed by atoms with Gasteiger partial charge in [0.15, 0.2) is 11.5 Å². The molecule has 3 amide bonds. The first-order valence-electron chi connectivity index (χ1n) is 9.35. The third-order valence-corrected chi connectivity index (χ3v) is 5.23. The van der Waals surface area contributed by atoms with Crippen LogP contribution < -0.4 is 19.7 Å². The van der Waals surface area contributed by atoms with Crippen LogP contribution in [0, 0.1) is 5.92 Å². The lowest BCUT2D eigenvalue weighted by molar-refractivity contribution is -0.117. The summed E-state index contributed by atoms with van der Waals surface area (Å²) in [7, 11) is 0. The van der Waals surface area contributed by atoms with Crippen molar-refractivity contribution in [3.8, 4) is 11.5 Å². The highest BCUT2D eigenvalue weighted by atomic mass is 16.6. The van der Waals surface area contributed by atoms with Gasteiger partial charge in [0.2, 0.25) is 5.91 Å². The zero-order valence-electron chi connectivity index (χ0n) is 15.1. The molecule has 7 nitrogen and oxygen atoms in total. The number of fused-ring (bicyclic) bond motifs is 1. The number of anilines is 1. The zero-order chi connectivity index (χ0) is 18.1. The second-order valence-electron chi connectivity index (χ2n) is 7.38. The van der Waals surface area contributed by atoms with Crippen molar-refractivity contribution < 1.29 is 19.1 Å². The van der Waals surface area contributed by atoms with Crippen molar-refractivity contribution in [1.29, 1.82) is 0 Å². The van der Waals surface area contributed by atoms with E-state index in [1.807, 2.05) is 23.1 Å². The first-order chi connectivity index (χ1) is 12.6. The van der Waals surface area contributed by atoms with Crippen LogP contribution in [0.15, 0.2) is 18.2 Å². The van der Waals surface area contributed by atoms with E-state index in [1.54, 1.807) is 4.90 Å². The lowest BCUT2D eigenvalue weighted by atomic mass is 10.0. The Bertz CT molecular complexity index is 708. The Morgan fingerprint density at radius 2 is 2.00 bits per heavy atom. The minimum Gasteiger partial charge on any atom is -0.486 e. The van der Waals surface area contributed by atoms with E-state index in [9.17, 15) is 9.59 Å². The van der Waals surface area contributed by atoms with Crippen LogP contribution in [0.2, 0.25) is 0 Å². The molecule has 0 spiro atoms. The van der Waals surface area contributed by atoms with Crippen molar-refractivity contribution in [3.05, 3.63) is 18.2 Å². The van der Waals surface area contributed by atoms with Gasteiger partial charge in [0.05, 0.1) is 6.04 Å². The molecule has 0 saturated carbocycles. The second-order valence-corrected chi connectivity index (χ2v) is 7.38. The number of carbonyl (C=O) groups is 2. The Labute approximate surface area is 153 Å². The summed E-state index contributed by atoms with van der Waals surface area (Å²) >= 11 is 0. The molecule has 2 saturated heterocycles. The van der Waals surface area contributed by atoms with Crippen LogP contribution in [-0.2, 0) is 4.79 Å². The molecule has 140 valence electrons. The maximum atomic E-state index is 12.5. The summed E-state index contributed by atoms with van der Waals surface area (Å²) in [6.07, 6.45) is 2.54. The van der Waals surface area contributed by atoms with E-state index in [1.165, 1.54) is 6.42 Å². The summed E-state index contributed by atoms with van der Waals surface area (Å²) in [6, 6.07) is 5.31. The Balaban J connectivity index is 1.40. The third-order valence-electron chi connectivity index (χ3n) is 5.23. The molecule has 3 aliphatic rings. The minimum absolute atomic E-state index is 0.0130. The predicted octanol–water partition coefficient (Wildman–Crippen LogP) is 2.00. The number of likely N-dealkylation sites (tertiary alicyclic amines) is 1. The number of hydrogen-bond donors (Lipinski definition) is 1. The van der Waals surface area contributed by atoms with Crippen LogP contribution in [0.4, 0.5) is 10.5 Å². The lowest BCUT2D eigenvalue weighted by Crippen LogP contribution is -2.49. The summed E-state index contributed by atoms with van der Waals surface area (Å²) in [5.41, 5.74) is 0.780. The van der Waals surface area contributed by atoms with E-state index in [-0.39, 0.29) is 18.0 Å². The van der Waals surface area contributed by atoms with Crippen molar-refractivity contribution in [2.75, 3.05) is 37.7 Å². The summed E-state index contributed by atoms with van der Waals surface area (Å²) in [6.45, 7) is 5.28. The van der Waals surface area contributed by atoms with E-state index in [0.717, 1.165) is 25.2 Å². The Kier molecular flexibility index (Phi) is 4.61. The van der Waals surface area contributed by atoms with E-state index in [2.05, 4.69) is 12.2 Å². The van der Waals surface area contributed by atoms with Crippen LogP contribution >= 0.6 is 0 Å². The summed E-state index contributed by atoms with van der Waals surface area (Å²) in [5.74, 6) is 1.92. The van der Waals surface area contributed by atoms with Gasteiger partial charge in [0.1, 0.15) is 13.2 Å². The fraction of sp³-hybridized carbons (Fsp3) is 0.579. The Hall–Kier alpha value is -2.44. The molecular formula is C19H25N3O4. The number of carbonyl (C=O) groups excluding carboxylic acids is 2. The number of hydrogen-bond acceptors (Lipinski definition) is 4. The minimum atomic E-state index is -0.166. The van der Waals surface area contributed by atoms with Gasteiger partial charge in [-0.25, -0.2) is 4.79 Å². The number of rotatable bonds is 2. The SMILES string of the molecule is C[C@@H]1CCCN(C(=O)N[C@@H]2CC(=O)N(c3ccc4c(c3)OCCO4)C2)C1. The highest BCUT2D eigenvalue weighted by Gasteiger charge is 2.33. The number of nitrogens with one attached hydrogen (secondary N) is 1. The molecule has 2 fully saturated rings. The first-order valence-corrected chi connectivity index (χ1v) is 9.35. The molecule has 1 N–H and O–H groups in total. The molecule has 2 atom stereocenters. The predicted molar refractivity (Wildman–Crippen MR) is 96.7 cm³/mol. The molecule has 3 aliphatic heterocycles. The van der Waals surface area contributed by atoms with Gasteiger partial charge >= 0.3 is 6.03 Å². The van der Waals surface area contributed by atoms with Crippen LogP contribution in [0.5, 0.6) is 11.5 Å². The second kappa shape index (κ2) is 7.05. The molecule has 4 rings (SSSR count). The fourth-order valence-corrected chi connectivity index (χ4v) is 3.89. The Morgan fingerprint density at radius 3 is 2.81 bits per heavy atom. The van der Waals surface area contributed by atoms with Gasteiger partial charge in [-0.05, 0) is 30.9 Å². The van der Waals surface area contributed by atoms with Crippen LogP contribution in [0.3, 0.4) is 0 Å². The van der Waals surface area contributed by atoms with E-state index in [0.29, 0.717) is 43.6 Å². The van der Waals surface area contributed by atoms with Crippen LogP contribution in [-0.4, -0.2) is 55.7 Å². The fourth-order valence-electron chi connectivity index (χ4n) is 3.89. The smallest absolute Gasteiger partial charge is 0.317 e. The van der Waals surface area contributed by atoms with Crippen molar-refractivity contribution in [2.45, 2.75) is 32.2 Å². The van der Waals surface area contributed by atoms with Crippen LogP contribution in [0.25, 0.3) is 0 Å². The topological polar surface area (TPSA) is 71.1 Å². The summed E-state index contributed by atoms with van der Waals surface area (Å²) in [4.78, 5) is 28.5. The molecule has 0 bridgehead atoms. The average Bonchev–Trinajstić information content (AvgIpc) is 3.01. The summed E-state index contributed by atoms with van der Waals surface area (Å²) < 4.78 is 11.1. The van der Waals surface area contributed by atoms with Crippen molar-refractivity contribution in [3.63, 3.8) is 0 Å². The normalized spacial score (nSPS) is 25.3. The first kappa shape index (κ1) is 17.0. The van der Waals surface area contributed by atoms with E-state index >= 15 is 0 Å². The van der Waals surface area contributed by atoms with Gasteiger partial charge < -0.3 is 24.6 Å². The zero-order valence-corrected chi connectivity index (χ0v) is 15.1. The molecule has 3 heterocycles. The number of benzene rings is 1. The van der Waals surface area contributed by atoms with Crippen molar-refractivity contribution >= 4 is 17.6 Å². The van der Waals surface area contributed by atoms with E-state index < -0.39 is 0 Å². The molecule has 0 aliphatic carbocycles. The number of urea groups is 1. The molecular weight excluding hydrogens is 334 g/mol. The van der Waals surface area contributed by atoms with Gasteiger partial charge in [-0.15, -0.1) is 0 Å². The maximum absolute atomic E-state index is 12.5. The quantitative estimate of drug-likeness (QED) is 0.877. The third kappa shape index (κ3) is 3.43. The highest BCUT2D eigenvalue weighted by Crippen LogP contribution is 2.35. The van der Waals surface area contributed by atoms with Gasteiger partial charge in [0, 0.05) is 37.8 Å². The number of piperidine rings is 1. The molecule has 0 unspecified atom stereocenters. The lowest BCUT2D eigenvalue weighted by Gasteiger charge is -2.31. The Morgan fingerprint density at radius 1 is 1.19 bits per heavy atom. The van der Waals surface area contributed by atoms with Crippen molar-refractivity contribution in [2.24, 2.45) is 5.92 Å². The monoisotopic (exact) mass is 359 g/mol. The summed E-state index contributed by atoms with van der Waals surface area (Å²) in [5, 5.41) is 3.03.